The highest BCUT2D eigenvalue weighted by Crippen LogP contribution is 2.30. The van der Waals surface area contributed by atoms with Crippen molar-refractivity contribution in [1.82, 2.24) is 29.4 Å². The van der Waals surface area contributed by atoms with Crippen LogP contribution in [0, 0.1) is 0 Å². The molecule has 0 N–H and O–H groups in total. The van der Waals surface area contributed by atoms with Crippen LogP contribution in [0.25, 0.3) is 38.8 Å². The van der Waals surface area contributed by atoms with Crippen molar-refractivity contribution in [2.24, 2.45) is 7.05 Å². The molecule has 0 fully saturated rings. The van der Waals surface area contributed by atoms with Crippen LogP contribution < -0.4 is 15.0 Å². The number of rotatable bonds is 9. The van der Waals surface area contributed by atoms with Crippen molar-refractivity contribution in [1.29, 1.82) is 0 Å². The largest absolute Gasteiger partial charge is 0.472 e. The zero-order valence-corrected chi connectivity index (χ0v) is 21.7. The number of ether oxygens (including phenoxy) is 2. The Morgan fingerprint density at radius 2 is 1.73 bits per heavy atom. The molecular formula is C27H24F4N6O3. The Labute approximate surface area is 225 Å². The minimum Gasteiger partial charge on any atom is -0.472 e. The van der Waals surface area contributed by atoms with Gasteiger partial charge in [0.2, 0.25) is 5.88 Å². The Balaban J connectivity index is 1.79. The predicted molar refractivity (Wildman–Crippen MR) is 140 cm³/mol. The summed E-state index contributed by atoms with van der Waals surface area (Å²) in [6.07, 6.45) is -0.927. The van der Waals surface area contributed by atoms with Gasteiger partial charge in [-0.1, -0.05) is 12.1 Å². The van der Waals surface area contributed by atoms with Gasteiger partial charge in [0.15, 0.2) is 6.61 Å². The molecule has 208 valence electrons. The molecule has 5 rings (SSSR count). The zero-order valence-electron chi connectivity index (χ0n) is 21.7. The predicted octanol–water partition coefficient (Wildman–Crippen LogP) is 4.64. The highest BCUT2D eigenvalue weighted by Gasteiger charge is 2.21. The van der Waals surface area contributed by atoms with Gasteiger partial charge in [0.05, 0.1) is 16.8 Å². The molecular weight excluding hydrogens is 532 g/mol. The number of pyridine rings is 1. The summed E-state index contributed by atoms with van der Waals surface area (Å²) < 4.78 is 63.9. The number of aromatic nitrogens is 5. The van der Waals surface area contributed by atoms with E-state index in [2.05, 4.69) is 19.9 Å². The normalized spacial score (nSPS) is 11.8. The SMILES string of the molecule is CN(C)Cc1cc(OCC(F)F)nc2c(-c3ccc(OC(F)F)cc3)c(=O)n(-c3ccc4nn(C)cc4c3)nc12. The van der Waals surface area contributed by atoms with Crippen LogP contribution in [0.3, 0.4) is 0 Å². The van der Waals surface area contributed by atoms with E-state index in [1.54, 1.807) is 36.1 Å². The summed E-state index contributed by atoms with van der Waals surface area (Å²) in [5, 5.41) is 9.80. The van der Waals surface area contributed by atoms with Crippen molar-refractivity contribution < 1.29 is 27.0 Å². The van der Waals surface area contributed by atoms with Gasteiger partial charge < -0.3 is 14.4 Å². The van der Waals surface area contributed by atoms with Gasteiger partial charge in [0, 0.05) is 36.8 Å². The number of hydrogen-bond acceptors (Lipinski definition) is 7. The molecule has 0 amide bonds. The first-order valence-electron chi connectivity index (χ1n) is 12.1. The number of hydrogen-bond donors (Lipinski definition) is 0. The first-order valence-corrected chi connectivity index (χ1v) is 12.1. The van der Waals surface area contributed by atoms with E-state index in [1.807, 2.05) is 19.0 Å². The summed E-state index contributed by atoms with van der Waals surface area (Å²) >= 11 is 0. The van der Waals surface area contributed by atoms with Crippen molar-refractivity contribution in [2.45, 2.75) is 19.6 Å². The van der Waals surface area contributed by atoms with Crippen molar-refractivity contribution >= 4 is 21.9 Å². The number of alkyl halides is 4. The molecule has 0 atom stereocenters. The van der Waals surface area contributed by atoms with E-state index in [0.29, 0.717) is 28.9 Å². The molecule has 3 heterocycles. The van der Waals surface area contributed by atoms with Crippen LogP contribution in [-0.2, 0) is 13.6 Å². The Bertz CT molecular complexity index is 1740. The molecule has 0 radical (unpaired) electrons. The minimum absolute atomic E-state index is 0.0855. The van der Waals surface area contributed by atoms with Crippen molar-refractivity contribution in [2.75, 3.05) is 20.7 Å². The van der Waals surface area contributed by atoms with E-state index in [0.717, 1.165) is 10.9 Å². The Hall–Kier alpha value is -4.52. The van der Waals surface area contributed by atoms with Crippen LogP contribution >= 0.6 is 0 Å². The molecule has 3 aromatic heterocycles. The van der Waals surface area contributed by atoms with Gasteiger partial charge >= 0.3 is 6.61 Å². The first-order chi connectivity index (χ1) is 19.1. The fourth-order valence-corrected chi connectivity index (χ4v) is 4.39. The topological polar surface area (TPSA) is 87.3 Å². The fourth-order valence-electron chi connectivity index (χ4n) is 4.39. The van der Waals surface area contributed by atoms with E-state index < -0.39 is 25.2 Å². The Morgan fingerprint density at radius 3 is 2.40 bits per heavy atom. The molecule has 0 saturated carbocycles. The van der Waals surface area contributed by atoms with Gasteiger partial charge in [0.25, 0.3) is 12.0 Å². The number of aryl methyl sites for hydroxylation is 1. The molecule has 0 aliphatic heterocycles. The Morgan fingerprint density at radius 1 is 0.975 bits per heavy atom. The molecule has 9 nitrogen and oxygen atoms in total. The van der Waals surface area contributed by atoms with Crippen molar-refractivity contribution in [3.05, 3.63) is 70.6 Å². The third-order valence-electron chi connectivity index (χ3n) is 5.95. The molecule has 0 spiro atoms. The van der Waals surface area contributed by atoms with E-state index in [4.69, 9.17) is 4.74 Å². The molecule has 0 aliphatic rings. The number of fused-ring (bicyclic) bond motifs is 2. The van der Waals surface area contributed by atoms with Gasteiger partial charge in [0.1, 0.15) is 16.8 Å². The van der Waals surface area contributed by atoms with Crippen LogP contribution in [0.1, 0.15) is 5.56 Å². The third-order valence-corrected chi connectivity index (χ3v) is 5.95. The second-order valence-electron chi connectivity index (χ2n) is 9.30. The van der Waals surface area contributed by atoms with Crippen LogP contribution in [0.15, 0.2) is 59.5 Å². The average molecular weight is 557 g/mol. The highest BCUT2D eigenvalue weighted by atomic mass is 19.3. The maximum absolute atomic E-state index is 14.0. The summed E-state index contributed by atoms with van der Waals surface area (Å²) in [6.45, 7) is -3.57. The molecule has 0 aliphatic carbocycles. The molecule has 0 saturated heterocycles. The monoisotopic (exact) mass is 556 g/mol. The first kappa shape index (κ1) is 27.1. The smallest absolute Gasteiger partial charge is 0.387 e. The molecule has 0 bridgehead atoms. The van der Waals surface area contributed by atoms with E-state index in [-0.39, 0.29) is 22.7 Å². The van der Waals surface area contributed by atoms with Crippen LogP contribution in [0.4, 0.5) is 17.6 Å². The highest BCUT2D eigenvalue weighted by molar-refractivity contribution is 5.93. The fraction of sp³-hybridized carbons (Fsp3) is 0.259. The second kappa shape index (κ2) is 10.9. The van der Waals surface area contributed by atoms with Gasteiger partial charge in [-0.25, -0.2) is 13.8 Å². The molecule has 0 unspecified atom stereocenters. The lowest BCUT2D eigenvalue weighted by molar-refractivity contribution is -0.0498. The van der Waals surface area contributed by atoms with Crippen LogP contribution in [-0.4, -0.2) is 63.2 Å². The van der Waals surface area contributed by atoms with Gasteiger partial charge in [-0.05, 0) is 50.0 Å². The maximum Gasteiger partial charge on any atom is 0.387 e. The molecule has 13 heteroatoms. The van der Waals surface area contributed by atoms with Crippen molar-refractivity contribution in [3.63, 3.8) is 0 Å². The molecule has 5 aromatic rings. The minimum atomic E-state index is -3.02. The van der Waals surface area contributed by atoms with Gasteiger partial charge in [-0.15, -0.1) is 0 Å². The molecule has 2 aromatic carbocycles. The van der Waals surface area contributed by atoms with Crippen LogP contribution in [0.5, 0.6) is 11.6 Å². The van der Waals surface area contributed by atoms with E-state index in [9.17, 15) is 22.4 Å². The third kappa shape index (κ3) is 5.59. The van der Waals surface area contributed by atoms with Crippen LogP contribution in [0.2, 0.25) is 0 Å². The van der Waals surface area contributed by atoms with Gasteiger partial charge in [-0.2, -0.15) is 23.7 Å². The van der Waals surface area contributed by atoms with E-state index >= 15 is 0 Å². The summed E-state index contributed by atoms with van der Waals surface area (Å²) in [6, 6.07) is 12.3. The maximum atomic E-state index is 14.0. The summed E-state index contributed by atoms with van der Waals surface area (Å²) in [5.74, 6) is -0.194. The number of halogens is 4. The summed E-state index contributed by atoms with van der Waals surface area (Å²) in [5.41, 5.74) is 2.08. The molecule has 40 heavy (non-hydrogen) atoms. The quantitative estimate of drug-likeness (QED) is 0.245. The standard InChI is InChI=1S/C27H24F4N6O3/c1-35(2)12-17-11-22(39-14-21(28)29)32-25-23(15-4-7-19(8-5-15)40-27(30)31)26(38)37(34-24(17)25)18-6-9-20-16(10-18)13-36(3)33-20/h4-11,13,21,27H,12,14H2,1-3H3. The van der Waals surface area contributed by atoms with Crippen molar-refractivity contribution in [3.8, 4) is 28.4 Å². The average Bonchev–Trinajstić information content (AvgIpc) is 3.26. The van der Waals surface area contributed by atoms with Gasteiger partial charge in [-0.3, -0.25) is 9.48 Å². The Kier molecular flexibility index (Phi) is 7.39. The lowest BCUT2D eigenvalue weighted by Gasteiger charge is -2.17. The summed E-state index contributed by atoms with van der Waals surface area (Å²) in [7, 11) is 5.43. The lowest BCUT2D eigenvalue weighted by atomic mass is 10.0. The van der Waals surface area contributed by atoms with E-state index in [1.165, 1.54) is 35.0 Å². The second-order valence-corrected chi connectivity index (χ2v) is 9.30. The number of benzene rings is 2. The number of nitrogens with zero attached hydrogens (tertiary/aromatic N) is 6. The lowest BCUT2D eigenvalue weighted by Crippen LogP contribution is -2.25. The summed E-state index contributed by atoms with van der Waals surface area (Å²) in [4.78, 5) is 20.3. The zero-order chi connectivity index (χ0) is 28.6.